The maximum atomic E-state index is 13.8. The van der Waals surface area contributed by atoms with E-state index < -0.39 is 28.5 Å². The summed E-state index contributed by atoms with van der Waals surface area (Å²) in [4.78, 5) is 28.4. The number of nitrogens with zero attached hydrogens (tertiary/aromatic N) is 2. The molecule has 0 spiro atoms. The van der Waals surface area contributed by atoms with Crippen molar-refractivity contribution >= 4 is 27.5 Å². The molecule has 0 fully saturated rings. The second-order valence-corrected chi connectivity index (χ2v) is 11.2. The second kappa shape index (κ2) is 13.3. The quantitative estimate of drug-likeness (QED) is 0.437. The Bertz CT molecular complexity index is 1130. The molecule has 1 N–H and O–H groups in total. The third-order valence-corrected chi connectivity index (χ3v) is 6.75. The van der Waals surface area contributed by atoms with Crippen molar-refractivity contribution in [3.63, 3.8) is 0 Å². The minimum Gasteiger partial charge on any atom is -0.492 e. The highest BCUT2D eigenvalue weighted by Gasteiger charge is 2.32. The maximum Gasteiger partial charge on any atom is 0.244 e. The molecule has 2 aromatic rings. The fourth-order valence-electron chi connectivity index (χ4n) is 3.88. The zero-order chi connectivity index (χ0) is 26.9. The third kappa shape index (κ3) is 8.26. The lowest BCUT2D eigenvalue weighted by atomic mass is 10.1. The molecule has 8 nitrogen and oxygen atoms in total. The molecular formula is C27H39N3O5S. The number of sulfonamides is 1. The zero-order valence-corrected chi connectivity index (χ0v) is 23.0. The van der Waals surface area contributed by atoms with Gasteiger partial charge in [0.15, 0.2) is 0 Å². The number of rotatable bonds is 13. The first-order valence-electron chi connectivity index (χ1n) is 12.3. The minimum atomic E-state index is -3.84. The molecule has 0 aliphatic heterocycles. The Balaban J connectivity index is 2.47. The smallest absolute Gasteiger partial charge is 0.244 e. The molecule has 2 amide bonds. The Labute approximate surface area is 215 Å². The van der Waals surface area contributed by atoms with Crippen LogP contribution in [0.1, 0.15) is 45.2 Å². The molecule has 0 aromatic heterocycles. The number of aryl methyl sites for hydroxylation is 1. The summed E-state index contributed by atoms with van der Waals surface area (Å²) in [6, 6.07) is 13.7. The molecule has 1 atom stereocenters. The van der Waals surface area contributed by atoms with E-state index in [-0.39, 0.29) is 24.1 Å². The van der Waals surface area contributed by atoms with Gasteiger partial charge in [-0.25, -0.2) is 8.42 Å². The SMILES string of the molecule is CCOc1ccccc1N(CC(=O)N(Cc1cccc(C)c1)[C@@H](CC)C(=O)NCC(C)C)S(C)(=O)=O. The van der Waals surface area contributed by atoms with Crippen molar-refractivity contribution in [1.29, 1.82) is 0 Å². The summed E-state index contributed by atoms with van der Waals surface area (Å²) in [5, 5.41) is 2.92. The van der Waals surface area contributed by atoms with Gasteiger partial charge in [0.05, 0.1) is 18.6 Å². The Morgan fingerprint density at radius 2 is 1.75 bits per heavy atom. The van der Waals surface area contributed by atoms with Gasteiger partial charge >= 0.3 is 0 Å². The largest absolute Gasteiger partial charge is 0.492 e. The van der Waals surface area contributed by atoms with E-state index in [1.54, 1.807) is 31.2 Å². The van der Waals surface area contributed by atoms with Crippen LogP contribution in [0.4, 0.5) is 5.69 Å². The van der Waals surface area contributed by atoms with Crippen molar-refractivity contribution in [2.24, 2.45) is 5.92 Å². The van der Waals surface area contributed by atoms with E-state index in [1.807, 2.05) is 52.0 Å². The Morgan fingerprint density at radius 3 is 2.33 bits per heavy atom. The van der Waals surface area contributed by atoms with Gasteiger partial charge < -0.3 is 15.0 Å². The van der Waals surface area contributed by atoms with Crippen molar-refractivity contribution in [2.75, 3.05) is 30.3 Å². The van der Waals surface area contributed by atoms with Crippen LogP contribution in [0.15, 0.2) is 48.5 Å². The van der Waals surface area contributed by atoms with Gasteiger partial charge in [0.1, 0.15) is 18.3 Å². The average Bonchev–Trinajstić information content (AvgIpc) is 2.81. The second-order valence-electron chi connectivity index (χ2n) is 9.24. The van der Waals surface area contributed by atoms with Crippen LogP contribution < -0.4 is 14.4 Å². The molecule has 0 radical (unpaired) electrons. The monoisotopic (exact) mass is 517 g/mol. The number of carbonyl (C=O) groups excluding carboxylic acids is 2. The molecule has 0 aliphatic carbocycles. The van der Waals surface area contributed by atoms with Gasteiger partial charge in [-0.15, -0.1) is 0 Å². The highest BCUT2D eigenvalue weighted by Crippen LogP contribution is 2.30. The van der Waals surface area contributed by atoms with E-state index in [4.69, 9.17) is 4.74 Å². The van der Waals surface area contributed by atoms with Gasteiger partial charge in [0.2, 0.25) is 21.8 Å². The van der Waals surface area contributed by atoms with E-state index in [0.717, 1.165) is 21.7 Å². The highest BCUT2D eigenvalue weighted by atomic mass is 32.2. The molecule has 0 unspecified atom stereocenters. The van der Waals surface area contributed by atoms with Gasteiger partial charge in [0.25, 0.3) is 0 Å². The van der Waals surface area contributed by atoms with Crippen LogP contribution in [0.5, 0.6) is 5.75 Å². The Morgan fingerprint density at radius 1 is 1.06 bits per heavy atom. The zero-order valence-electron chi connectivity index (χ0n) is 22.2. The van der Waals surface area contributed by atoms with Crippen molar-refractivity contribution in [3.05, 3.63) is 59.7 Å². The number of hydrogen-bond acceptors (Lipinski definition) is 5. The van der Waals surface area contributed by atoms with E-state index in [1.165, 1.54) is 4.90 Å². The summed E-state index contributed by atoms with van der Waals surface area (Å²) in [5.74, 6) is -0.110. The highest BCUT2D eigenvalue weighted by molar-refractivity contribution is 7.92. The van der Waals surface area contributed by atoms with Crippen LogP contribution in [0, 0.1) is 12.8 Å². The number of nitrogens with one attached hydrogen (secondary N) is 1. The maximum absolute atomic E-state index is 13.8. The van der Waals surface area contributed by atoms with Crippen molar-refractivity contribution < 1.29 is 22.7 Å². The summed E-state index contributed by atoms with van der Waals surface area (Å²) in [7, 11) is -3.84. The van der Waals surface area contributed by atoms with Crippen LogP contribution in [0.2, 0.25) is 0 Å². The molecule has 198 valence electrons. The van der Waals surface area contributed by atoms with Gasteiger partial charge in [-0.2, -0.15) is 0 Å². The van der Waals surface area contributed by atoms with Crippen LogP contribution in [0.25, 0.3) is 0 Å². The van der Waals surface area contributed by atoms with Crippen LogP contribution >= 0.6 is 0 Å². The molecule has 0 bridgehead atoms. The van der Waals surface area contributed by atoms with E-state index in [9.17, 15) is 18.0 Å². The molecule has 0 saturated carbocycles. The fraction of sp³-hybridized carbons (Fsp3) is 0.481. The first-order chi connectivity index (χ1) is 17.0. The predicted molar refractivity (Wildman–Crippen MR) is 143 cm³/mol. The van der Waals surface area contributed by atoms with Crippen LogP contribution in [-0.2, 0) is 26.2 Å². The fourth-order valence-corrected chi connectivity index (χ4v) is 4.74. The molecule has 2 aromatic carbocycles. The van der Waals surface area contributed by atoms with Crippen molar-refractivity contribution in [1.82, 2.24) is 10.2 Å². The van der Waals surface area contributed by atoms with Crippen LogP contribution in [0.3, 0.4) is 0 Å². The standard InChI is InChI=1S/C27H39N3O5S/c1-7-23(27(32)28-17-20(3)4)29(18-22-13-11-12-21(5)16-22)26(31)19-30(36(6,33)34)24-14-9-10-15-25(24)35-8-2/h9-16,20,23H,7-8,17-19H2,1-6H3,(H,28,32)/t23-/m0/s1. The van der Waals surface area contributed by atoms with Gasteiger partial charge in [-0.3, -0.25) is 13.9 Å². The molecule has 36 heavy (non-hydrogen) atoms. The topological polar surface area (TPSA) is 96.0 Å². The van der Waals surface area contributed by atoms with Crippen LogP contribution in [-0.4, -0.2) is 57.1 Å². The molecule has 9 heteroatoms. The Hall–Kier alpha value is -3.07. The van der Waals surface area contributed by atoms with E-state index in [2.05, 4.69) is 5.32 Å². The van der Waals surface area contributed by atoms with Gasteiger partial charge in [-0.1, -0.05) is 62.7 Å². The molecular weight excluding hydrogens is 478 g/mol. The summed E-state index contributed by atoms with van der Waals surface area (Å²) < 4.78 is 32.3. The Kier molecular flexibility index (Phi) is 10.8. The van der Waals surface area contributed by atoms with E-state index in [0.29, 0.717) is 25.3 Å². The number of benzene rings is 2. The lowest BCUT2D eigenvalue weighted by molar-refractivity contribution is -0.140. The number of carbonyl (C=O) groups is 2. The third-order valence-electron chi connectivity index (χ3n) is 5.62. The summed E-state index contributed by atoms with van der Waals surface area (Å²) in [5.41, 5.74) is 2.17. The van der Waals surface area contributed by atoms with Crippen molar-refractivity contribution in [3.8, 4) is 5.75 Å². The molecule has 2 rings (SSSR count). The summed E-state index contributed by atoms with van der Waals surface area (Å²) in [6.07, 6.45) is 1.44. The van der Waals surface area contributed by atoms with Crippen molar-refractivity contribution in [2.45, 2.75) is 53.6 Å². The normalized spacial score (nSPS) is 12.2. The average molecular weight is 518 g/mol. The summed E-state index contributed by atoms with van der Waals surface area (Å²) >= 11 is 0. The number of amides is 2. The molecule has 0 saturated heterocycles. The number of para-hydroxylation sites is 2. The van der Waals surface area contributed by atoms with Gasteiger partial charge in [0, 0.05) is 13.1 Å². The lowest BCUT2D eigenvalue weighted by Crippen LogP contribution is -2.52. The first-order valence-corrected chi connectivity index (χ1v) is 14.1. The minimum absolute atomic E-state index is 0.179. The predicted octanol–water partition coefficient (Wildman–Crippen LogP) is 3.74. The molecule has 0 heterocycles. The number of hydrogen-bond donors (Lipinski definition) is 1. The number of anilines is 1. The van der Waals surface area contributed by atoms with Gasteiger partial charge in [-0.05, 0) is 43.9 Å². The number of ether oxygens (including phenoxy) is 1. The molecule has 0 aliphatic rings. The van der Waals surface area contributed by atoms with E-state index >= 15 is 0 Å². The first kappa shape index (κ1) is 29.2. The summed E-state index contributed by atoms with van der Waals surface area (Å²) in [6.45, 7) is 10.1. The lowest BCUT2D eigenvalue weighted by Gasteiger charge is -2.33.